The number of nitrogens with zero attached hydrogens (tertiary/aromatic N) is 2. The van der Waals surface area contributed by atoms with Crippen LogP contribution >= 0.6 is 0 Å². The van der Waals surface area contributed by atoms with E-state index in [9.17, 15) is 4.39 Å². The Labute approximate surface area is 162 Å². The minimum absolute atomic E-state index is 0.161. The van der Waals surface area contributed by atoms with Gasteiger partial charge in [-0.1, -0.05) is 12.1 Å². The minimum atomic E-state index is -0.161. The molecular formula is C22H33FN4. The Hall–Kier alpha value is -1.62. The minimum Gasteiger partial charge on any atom is -0.356 e. The Morgan fingerprint density at radius 2 is 1.70 bits per heavy atom. The van der Waals surface area contributed by atoms with Gasteiger partial charge in [0.25, 0.3) is 0 Å². The Bertz CT molecular complexity index is 616. The average Bonchev–Trinajstić information content (AvgIpc) is 3.58. The topological polar surface area (TPSA) is 39.7 Å². The van der Waals surface area contributed by atoms with Crippen molar-refractivity contribution < 1.29 is 4.39 Å². The third-order valence-electron chi connectivity index (χ3n) is 6.43. The first kappa shape index (κ1) is 18.7. The molecule has 3 fully saturated rings. The zero-order valence-electron chi connectivity index (χ0n) is 16.5. The SMILES string of the molecule is CN=C(NCC(C1CC1)C1CC1)NC1CCN(Cc2ccc(F)cc2)CC1. The lowest BCUT2D eigenvalue weighted by Gasteiger charge is -2.33. The van der Waals surface area contributed by atoms with Gasteiger partial charge in [-0.15, -0.1) is 0 Å². The maximum Gasteiger partial charge on any atom is 0.191 e. The summed E-state index contributed by atoms with van der Waals surface area (Å²) in [6, 6.07) is 7.37. The first-order valence-electron chi connectivity index (χ1n) is 10.7. The molecular weight excluding hydrogens is 339 g/mol. The summed E-state index contributed by atoms with van der Waals surface area (Å²) in [5.41, 5.74) is 1.19. The molecule has 0 amide bonds. The van der Waals surface area contributed by atoms with Gasteiger partial charge in [0, 0.05) is 39.3 Å². The van der Waals surface area contributed by atoms with Crippen molar-refractivity contribution in [3.63, 3.8) is 0 Å². The molecule has 2 saturated carbocycles. The highest BCUT2D eigenvalue weighted by Crippen LogP contribution is 2.48. The molecule has 1 saturated heterocycles. The molecule has 0 atom stereocenters. The number of benzene rings is 1. The zero-order valence-corrected chi connectivity index (χ0v) is 16.5. The molecule has 2 aliphatic carbocycles. The highest BCUT2D eigenvalue weighted by Gasteiger charge is 2.41. The molecule has 1 aromatic rings. The van der Waals surface area contributed by atoms with Crippen LogP contribution < -0.4 is 10.6 Å². The van der Waals surface area contributed by atoms with E-state index < -0.39 is 0 Å². The Morgan fingerprint density at radius 1 is 1.07 bits per heavy atom. The summed E-state index contributed by atoms with van der Waals surface area (Å²) in [6.07, 6.45) is 7.97. The average molecular weight is 373 g/mol. The summed E-state index contributed by atoms with van der Waals surface area (Å²) in [7, 11) is 1.88. The van der Waals surface area contributed by atoms with Crippen LogP contribution in [0.15, 0.2) is 29.3 Å². The van der Waals surface area contributed by atoms with Crippen molar-refractivity contribution in [3.05, 3.63) is 35.6 Å². The molecule has 3 aliphatic rings. The lowest BCUT2D eigenvalue weighted by atomic mass is 9.98. The van der Waals surface area contributed by atoms with E-state index in [1.165, 1.54) is 31.2 Å². The fourth-order valence-electron chi connectivity index (χ4n) is 4.45. The molecule has 4 nitrogen and oxygen atoms in total. The predicted molar refractivity (Wildman–Crippen MR) is 108 cm³/mol. The van der Waals surface area contributed by atoms with E-state index in [0.29, 0.717) is 6.04 Å². The molecule has 1 aliphatic heterocycles. The van der Waals surface area contributed by atoms with Gasteiger partial charge in [-0.2, -0.15) is 0 Å². The monoisotopic (exact) mass is 372 g/mol. The molecule has 0 unspecified atom stereocenters. The number of nitrogens with one attached hydrogen (secondary N) is 2. The fraction of sp³-hybridized carbons (Fsp3) is 0.682. The number of rotatable bonds is 7. The van der Waals surface area contributed by atoms with Gasteiger partial charge in [-0.25, -0.2) is 4.39 Å². The van der Waals surface area contributed by atoms with Crippen LogP contribution in [0.2, 0.25) is 0 Å². The van der Waals surface area contributed by atoms with Crippen LogP contribution in [-0.4, -0.2) is 43.6 Å². The van der Waals surface area contributed by atoms with Gasteiger partial charge in [0.2, 0.25) is 0 Å². The number of hydrogen-bond acceptors (Lipinski definition) is 2. The molecule has 5 heteroatoms. The van der Waals surface area contributed by atoms with Crippen LogP contribution in [0, 0.1) is 23.6 Å². The maximum absolute atomic E-state index is 13.0. The molecule has 2 N–H and O–H groups in total. The first-order valence-corrected chi connectivity index (χ1v) is 10.7. The van der Waals surface area contributed by atoms with E-state index >= 15 is 0 Å². The number of likely N-dealkylation sites (tertiary alicyclic amines) is 1. The van der Waals surface area contributed by atoms with Gasteiger partial charge in [0.1, 0.15) is 5.82 Å². The van der Waals surface area contributed by atoms with E-state index in [0.717, 1.165) is 62.7 Å². The van der Waals surface area contributed by atoms with Gasteiger partial charge in [-0.05, 0) is 74.0 Å². The standard InChI is InChI=1S/C22H33FN4/c1-24-22(25-14-21(17-4-5-17)18-6-7-18)26-20-10-12-27(13-11-20)15-16-2-8-19(23)9-3-16/h2-3,8-9,17-18,20-21H,4-7,10-15H2,1H3,(H2,24,25,26). The number of aliphatic imine (C=N–C) groups is 1. The van der Waals surface area contributed by atoms with Crippen molar-refractivity contribution >= 4 is 5.96 Å². The van der Waals surface area contributed by atoms with Crippen LogP contribution in [0.4, 0.5) is 4.39 Å². The molecule has 0 spiro atoms. The first-order chi connectivity index (χ1) is 13.2. The van der Waals surface area contributed by atoms with Gasteiger partial charge in [0.15, 0.2) is 5.96 Å². The highest BCUT2D eigenvalue weighted by molar-refractivity contribution is 5.80. The summed E-state index contributed by atoms with van der Waals surface area (Å²) in [5, 5.41) is 7.24. The second kappa shape index (κ2) is 8.59. The molecule has 27 heavy (non-hydrogen) atoms. The maximum atomic E-state index is 13.0. The number of piperidine rings is 1. The van der Waals surface area contributed by atoms with E-state index in [2.05, 4.69) is 20.5 Å². The van der Waals surface area contributed by atoms with Gasteiger partial charge in [-0.3, -0.25) is 9.89 Å². The van der Waals surface area contributed by atoms with E-state index in [1.54, 1.807) is 12.1 Å². The summed E-state index contributed by atoms with van der Waals surface area (Å²) >= 11 is 0. The van der Waals surface area contributed by atoms with Crippen LogP contribution in [0.5, 0.6) is 0 Å². The van der Waals surface area contributed by atoms with Gasteiger partial charge >= 0.3 is 0 Å². The van der Waals surface area contributed by atoms with Crippen molar-refractivity contribution in [2.75, 3.05) is 26.7 Å². The molecule has 0 aromatic heterocycles. The number of hydrogen-bond donors (Lipinski definition) is 2. The highest BCUT2D eigenvalue weighted by atomic mass is 19.1. The summed E-state index contributed by atoms with van der Waals surface area (Å²) in [5.74, 6) is 3.61. The van der Waals surface area contributed by atoms with Crippen molar-refractivity contribution in [1.82, 2.24) is 15.5 Å². The second-order valence-corrected chi connectivity index (χ2v) is 8.61. The largest absolute Gasteiger partial charge is 0.356 e. The summed E-state index contributed by atoms with van der Waals surface area (Å²) < 4.78 is 13.0. The number of halogens is 1. The summed E-state index contributed by atoms with van der Waals surface area (Å²) in [6.45, 7) is 4.13. The van der Waals surface area contributed by atoms with E-state index in [4.69, 9.17) is 0 Å². The lowest BCUT2D eigenvalue weighted by molar-refractivity contribution is 0.198. The van der Waals surface area contributed by atoms with Crippen molar-refractivity contribution in [2.24, 2.45) is 22.7 Å². The van der Waals surface area contributed by atoms with E-state index in [1.807, 2.05) is 19.2 Å². The van der Waals surface area contributed by atoms with Gasteiger partial charge < -0.3 is 10.6 Å². The lowest BCUT2D eigenvalue weighted by Crippen LogP contribution is -2.49. The fourth-order valence-corrected chi connectivity index (χ4v) is 4.45. The molecule has 0 radical (unpaired) electrons. The second-order valence-electron chi connectivity index (χ2n) is 8.61. The summed E-state index contributed by atoms with van der Waals surface area (Å²) in [4.78, 5) is 6.91. The molecule has 4 rings (SSSR count). The van der Waals surface area contributed by atoms with Crippen LogP contribution in [0.1, 0.15) is 44.1 Å². The van der Waals surface area contributed by atoms with E-state index in [-0.39, 0.29) is 5.82 Å². The van der Waals surface area contributed by atoms with Crippen LogP contribution in [0.25, 0.3) is 0 Å². The Balaban J connectivity index is 1.19. The third kappa shape index (κ3) is 5.44. The number of guanidine groups is 1. The molecule has 148 valence electrons. The van der Waals surface area contributed by atoms with Crippen molar-refractivity contribution in [3.8, 4) is 0 Å². The van der Waals surface area contributed by atoms with Crippen molar-refractivity contribution in [2.45, 2.75) is 51.1 Å². The molecule has 1 heterocycles. The molecule has 1 aromatic carbocycles. The Kier molecular flexibility index (Phi) is 5.96. The third-order valence-corrected chi connectivity index (χ3v) is 6.43. The smallest absolute Gasteiger partial charge is 0.191 e. The van der Waals surface area contributed by atoms with Crippen LogP contribution in [0.3, 0.4) is 0 Å². The van der Waals surface area contributed by atoms with Crippen LogP contribution in [-0.2, 0) is 6.54 Å². The van der Waals surface area contributed by atoms with Gasteiger partial charge in [0.05, 0.1) is 0 Å². The predicted octanol–water partition coefficient (Wildman–Crippen LogP) is 3.39. The molecule has 0 bridgehead atoms. The van der Waals surface area contributed by atoms with Crippen molar-refractivity contribution in [1.29, 1.82) is 0 Å². The quantitative estimate of drug-likeness (QED) is 0.569. The Morgan fingerprint density at radius 3 is 2.26 bits per heavy atom. The normalized spacial score (nSPS) is 22.3. The zero-order chi connectivity index (χ0) is 18.6.